The molecule has 2 aromatic carbocycles. The fourth-order valence-electron chi connectivity index (χ4n) is 3.01. The summed E-state index contributed by atoms with van der Waals surface area (Å²) in [5.74, 6) is -0.432. The minimum Gasteiger partial charge on any atom is -0.447 e. The molecule has 154 valence electrons. The Balaban J connectivity index is 1.51. The van der Waals surface area contributed by atoms with Gasteiger partial charge in [-0.15, -0.1) is 0 Å². The van der Waals surface area contributed by atoms with Crippen LogP contribution in [0.15, 0.2) is 60.8 Å². The number of carbonyl (C=O) groups excluding carboxylic acids is 2. The highest BCUT2D eigenvalue weighted by molar-refractivity contribution is 6.07. The van der Waals surface area contributed by atoms with Gasteiger partial charge < -0.3 is 10.1 Å². The molecule has 1 saturated heterocycles. The van der Waals surface area contributed by atoms with E-state index in [2.05, 4.69) is 10.4 Å². The smallest absolute Gasteiger partial charge is 0.435 e. The molecule has 3 aromatic rings. The van der Waals surface area contributed by atoms with Crippen LogP contribution in [0.2, 0.25) is 0 Å². The number of carbonyl (C=O) groups is 2. The molecule has 0 bridgehead atoms. The number of benzene rings is 2. The average molecular weight is 416 g/mol. The summed E-state index contributed by atoms with van der Waals surface area (Å²) in [7, 11) is 0. The molecule has 4 rings (SSSR count). The maximum absolute atomic E-state index is 12.7. The molecular weight excluding hydrogens is 401 g/mol. The van der Waals surface area contributed by atoms with Crippen LogP contribution in [0.25, 0.3) is 5.69 Å². The van der Waals surface area contributed by atoms with Crippen LogP contribution in [0.4, 0.5) is 29.3 Å². The lowest BCUT2D eigenvalue weighted by Gasteiger charge is -2.17. The first-order valence-electron chi connectivity index (χ1n) is 8.91. The molecule has 0 aliphatic carbocycles. The van der Waals surface area contributed by atoms with Crippen LogP contribution in [-0.2, 0) is 10.9 Å². The molecule has 0 radical (unpaired) electrons. The van der Waals surface area contributed by atoms with Crippen LogP contribution < -0.4 is 10.2 Å². The van der Waals surface area contributed by atoms with Gasteiger partial charge in [0.1, 0.15) is 6.61 Å². The third kappa shape index (κ3) is 3.84. The van der Waals surface area contributed by atoms with E-state index in [-0.39, 0.29) is 6.61 Å². The second-order valence-corrected chi connectivity index (χ2v) is 6.43. The highest BCUT2D eigenvalue weighted by Crippen LogP contribution is 2.29. The van der Waals surface area contributed by atoms with Gasteiger partial charge in [0.15, 0.2) is 5.69 Å². The number of nitrogens with zero attached hydrogens (tertiary/aromatic N) is 3. The molecule has 0 unspecified atom stereocenters. The summed E-state index contributed by atoms with van der Waals surface area (Å²) in [6, 6.07) is 13.6. The lowest BCUT2D eigenvalue weighted by molar-refractivity contribution is -0.141. The van der Waals surface area contributed by atoms with E-state index in [9.17, 15) is 22.8 Å². The Morgan fingerprint density at radius 3 is 2.43 bits per heavy atom. The second-order valence-electron chi connectivity index (χ2n) is 6.43. The summed E-state index contributed by atoms with van der Waals surface area (Å²) in [5.41, 5.74) is 0.623. The van der Waals surface area contributed by atoms with Crippen molar-refractivity contribution in [1.29, 1.82) is 0 Å². The van der Waals surface area contributed by atoms with E-state index in [0.717, 1.165) is 10.7 Å². The van der Waals surface area contributed by atoms with Crippen LogP contribution >= 0.6 is 0 Å². The summed E-state index contributed by atoms with van der Waals surface area (Å²) >= 11 is 0. The average Bonchev–Trinajstić information content (AvgIpc) is 3.38. The highest BCUT2D eigenvalue weighted by Gasteiger charge is 2.33. The van der Waals surface area contributed by atoms with Gasteiger partial charge in [-0.1, -0.05) is 12.1 Å². The number of aromatic nitrogens is 2. The van der Waals surface area contributed by atoms with Crippen LogP contribution in [-0.4, -0.2) is 34.9 Å². The fourth-order valence-corrected chi connectivity index (χ4v) is 3.01. The van der Waals surface area contributed by atoms with Crippen molar-refractivity contribution in [1.82, 2.24) is 9.78 Å². The topological polar surface area (TPSA) is 76.5 Å². The van der Waals surface area contributed by atoms with Gasteiger partial charge in [0, 0.05) is 11.8 Å². The third-order valence-corrected chi connectivity index (χ3v) is 4.48. The highest BCUT2D eigenvalue weighted by atomic mass is 19.4. The molecule has 0 atom stereocenters. The van der Waals surface area contributed by atoms with Crippen molar-refractivity contribution in [2.45, 2.75) is 6.18 Å². The quantitative estimate of drug-likeness (QED) is 0.695. The van der Waals surface area contributed by atoms with Crippen molar-refractivity contribution < 1.29 is 27.5 Å². The summed E-state index contributed by atoms with van der Waals surface area (Å²) in [6.45, 7) is 0.649. The van der Waals surface area contributed by atoms with Crippen molar-refractivity contribution in [3.63, 3.8) is 0 Å². The molecule has 30 heavy (non-hydrogen) atoms. The molecule has 1 N–H and O–H groups in total. The van der Waals surface area contributed by atoms with Crippen LogP contribution in [0.5, 0.6) is 0 Å². The van der Waals surface area contributed by atoms with E-state index >= 15 is 0 Å². The van der Waals surface area contributed by atoms with Gasteiger partial charge >= 0.3 is 12.3 Å². The molecule has 2 heterocycles. The first kappa shape index (κ1) is 19.5. The lowest BCUT2D eigenvalue weighted by atomic mass is 10.1. The number of cyclic esters (lactones) is 1. The van der Waals surface area contributed by atoms with E-state index < -0.39 is 23.9 Å². The molecule has 0 saturated carbocycles. The van der Waals surface area contributed by atoms with Crippen molar-refractivity contribution in [2.24, 2.45) is 0 Å². The van der Waals surface area contributed by atoms with E-state index in [1.807, 2.05) is 0 Å². The van der Waals surface area contributed by atoms with Crippen molar-refractivity contribution in [3.8, 4) is 5.69 Å². The first-order chi connectivity index (χ1) is 14.3. The summed E-state index contributed by atoms with van der Waals surface area (Å²) in [4.78, 5) is 25.9. The number of anilines is 2. The number of para-hydroxylation sites is 2. The minimum absolute atomic E-state index is 0.270. The molecule has 10 heteroatoms. The number of halogens is 3. The number of rotatable bonds is 4. The molecule has 1 aliphatic heterocycles. The van der Waals surface area contributed by atoms with Gasteiger partial charge in [0.2, 0.25) is 0 Å². The van der Waals surface area contributed by atoms with Crippen LogP contribution in [0.1, 0.15) is 16.1 Å². The van der Waals surface area contributed by atoms with Gasteiger partial charge in [-0.05, 0) is 42.5 Å². The Kier molecular flexibility index (Phi) is 4.90. The van der Waals surface area contributed by atoms with Crippen LogP contribution in [0.3, 0.4) is 0 Å². The first-order valence-corrected chi connectivity index (χ1v) is 8.91. The monoisotopic (exact) mass is 416 g/mol. The molecule has 0 spiro atoms. The predicted molar refractivity (Wildman–Crippen MR) is 102 cm³/mol. The SMILES string of the molecule is O=C(Nc1ccccc1N1CCOC1=O)c1ccc(-n2ccc(C(F)(F)F)n2)cc1. The molecular formula is C20H15F3N4O3. The van der Waals surface area contributed by atoms with Gasteiger partial charge in [-0.25, -0.2) is 9.48 Å². The van der Waals surface area contributed by atoms with E-state index in [4.69, 9.17) is 4.74 Å². The third-order valence-electron chi connectivity index (χ3n) is 4.48. The Morgan fingerprint density at radius 2 is 1.80 bits per heavy atom. The normalized spacial score (nSPS) is 14.0. The predicted octanol–water partition coefficient (Wildman–Crippen LogP) is 4.10. The van der Waals surface area contributed by atoms with Crippen molar-refractivity contribution in [3.05, 3.63) is 72.1 Å². The van der Waals surface area contributed by atoms with Gasteiger partial charge in [-0.2, -0.15) is 18.3 Å². The van der Waals surface area contributed by atoms with Crippen molar-refractivity contribution >= 4 is 23.4 Å². The van der Waals surface area contributed by atoms with Crippen molar-refractivity contribution in [2.75, 3.05) is 23.4 Å². The zero-order valence-corrected chi connectivity index (χ0v) is 15.4. The molecule has 1 aromatic heterocycles. The molecule has 1 aliphatic rings. The Morgan fingerprint density at radius 1 is 1.07 bits per heavy atom. The summed E-state index contributed by atoms with van der Waals surface area (Å²) in [5, 5.41) is 6.25. The maximum atomic E-state index is 12.7. The second kappa shape index (κ2) is 7.54. The fraction of sp³-hybridized carbons (Fsp3) is 0.150. The Hall–Kier alpha value is -3.82. The van der Waals surface area contributed by atoms with Gasteiger partial charge in [-0.3, -0.25) is 9.69 Å². The largest absolute Gasteiger partial charge is 0.447 e. The summed E-state index contributed by atoms with van der Waals surface area (Å²) in [6.07, 6.45) is -3.82. The standard InChI is InChI=1S/C20H15F3N4O3/c21-20(22,23)17-9-10-27(25-17)14-7-5-13(6-8-14)18(28)24-15-3-1-2-4-16(15)26-11-12-30-19(26)29/h1-10H,11-12H2,(H,24,28). The number of alkyl halides is 3. The number of hydrogen-bond donors (Lipinski definition) is 1. The number of hydrogen-bond acceptors (Lipinski definition) is 4. The maximum Gasteiger partial charge on any atom is 0.435 e. The Bertz CT molecular complexity index is 1090. The number of amides is 2. The molecule has 7 nitrogen and oxygen atoms in total. The van der Waals surface area contributed by atoms with Crippen LogP contribution in [0, 0.1) is 0 Å². The van der Waals surface area contributed by atoms with E-state index in [1.54, 1.807) is 24.3 Å². The molecule has 2 amide bonds. The minimum atomic E-state index is -4.53. The summed E-state index contributed by atoms with van der Waals surface area (Å²) < 4.78 is 44.1. The lowest BCUT2D eigenvalue weighted by Crippen LogP contribution is -2.25. The van der Waals surface area contributed by atoms with Gasteiger partial charge in [0.25, 0.3) is 5.91 Å². The van der Waals surface area contributed by atoms with E-state index in [1.165, 1.54) is 35.4 Å². The zero-order valence-electron chi connectivity index (χ0n) is 15.4. The van der Waals surface area contributed by atoms with Gasteiger partial charge in [0.05, 0.1) is 23.6 Å². The molecule has 1 fully saturated rings. The Labute approximate surface area is 168 Å². The zero-order chi connectivity index (χ0) is 21.3. The number of nitrogens with one attached hydrogen (secondary N) is 1. The van der Waals surface area contributed by atoms with E-state index in [0.29, 0.717) is 29.2 Å². The number of ether oxygens (including phenoxy) is 1.